The third kappa shape index (κ3) is 6.27. The fourth-order valence-corrected chi connectivity index (χ4v) is 10.3. The van der Waals surface area contributed by atoms with Gasteiger partial charge in [-0.2, -0.15) is 0 Å². The van der Waals surface area contributed by atoms with E-state index in [1.54, 1.807) is 24.3 Å². The highest BCUT2D eigenvalue weighted by atomic mass is 28.3. The minimum Gasteiger partial charge on any atom is -0.310 e. The molecule has 0 spiro atoms. The predicted octanol–water partition coefficient (Wildman–Crippen LogP) is 13.5. The van der Waals surface area contributed by atoms with Gasteiger partial charge < -0.3 is 9.80 Å². The Kier molecular flexibility index (Phi) is 8.74. The minimum absolute atomic E-state index is 0.259. The van der Waals surface area contributed by atoms with Crippen molar-refractivity contribution >= 4 is 93.0 Å². The van der Waals surface area contributed by atoms with Crippen LogP contribution in [0.5, 0.6) is 0 Å². The first-order valence-corrected chi connectivity index (χ1v) is 25.7. The minimum atomic E-state index is -1.65. The Morgan fingerprint density at radius 1 is 0.389 bits per heavy atom. The van der Waals surface area contributed by atoms with Gasteiger partial charge in [0, 0.05) is 33.5 Å². The molecule has 0 aliphatic rings. The van der Waals surface area contributed by atoms with Crippen molar-refractivity contribution < 1.29 is 8.78 Å². The summed E-state index contributed by atoms with van der Waals surface area (Å²) < 4.78 is 28.8. The lowest BCUT2D eigenvalue weighted by Crippen LogP contribution is -2.37. The summed E-state index contributed by atoms with van der Waals surface area (Å²) in [7, 11) is -3.29. The van der Waals surface area contributed by atoms with E-state index in [0.717, 1.165) is 44.9 Å². The first kappa shape index (κ1) is 35.7. The van der Waals surface area contributed by atoms with Crippen LogP contribution < -0.4 is 20.2 Å². The zero-order chi connectivity index (χ0) is 38.1. The Bertz CT molecular complexity index is 2490. The molecule has 54 heavy (non-hydrogen) atoms. The monoisotopic (exact) mass is 744 g/mol. The molecule has 270 valence electrons. The van der Waals surface area contributed by atoms with E-state index in [4.69, 9.17) is 0 Å². The van der Waals surface area contributed by atoms with Gasteiger partial charge in [-0.1, -0.05) is 98.2 Å². The number of nitrogens with zero attached hydrogens (tertiary/aromatic N) is 2. The molecule has 0 fully saturated rings. The standard InChI is InChI=1S/C48H46F2N2Si2/c1-31-27-45(51(35-19-15-33(49)16-20-35)37-11-9-13-39(29-37)53(3,4)5)43-26-24-42-32(2)28-46(44-25-23-41(31)47(43)48(42)44)52(36-21-17-34(50)18-22-36)38-12-10-14-40(30-38)54(6,7)8/h9-30H,1-8H3. The zero-order valence-electron chi connectivity index (χ0n) is 32.4. The van der Waals surface area contributed by atoms with E-state index >= 15 is 0 Å². The van der Waals surface area contributed by atoms with Crippen molar-refractivity contribution in [1.29, 1.82) is 0 Å². The maximum absolute atomic E-state index is 14.4. The van der Waals surface area contributed by atoms with Gasteiger partial charge in [-0.05, 0) is 131 Å². The molecule has 0 heterocycles. The van der Waals surface area contributed by atoms with Gasteiger partial charge in [0.1, 0.15) is 11.6 Å². The second-order valence-electron chi connectivity index (χ2n) is 16.7. The van der Waals surface area contributed by atoms with Crippen molar-refractivity contribution in [1.82, 2.24) is 0 Å². The maximum atomic E-state index is 14.4. The number of halogens is 2. The molecule has 0 atom stereocenters. The molecule has 2 nitrogen and oxygen atoms in total. The van der Waals surface area contributed by atoms with Gasteiger partial charge >= 0.3 is 0 Å². The smallest absolute Gasteiger partial charge is 0.123 e. The van der Waals surface area contributed by atoms with Crippen LogP contribution in [-0.2, 0) is 0 Å². The zero-order valence-corrected chi connectivity index (χ0v) is 34.4. The van der Waals surface area contributed by atoms with Crippen molar-refractivity contribution in [3.8, 4) is 0 Å². The lowest BCUT2D eigenvalue weighted by atomic mass is 9.88. The number of benzene rings is 8. The van der Waals surface area contributed by atoms with Crippen LogP contribution in [0.3, 0.4) is 0 Å². The molecule has 0 radical (unpaired) electrons. The summed E-state index contributed by atoms with van der Waals surface area (Å²) in [6.07, 6.45) is 0. The number of anilines is 6. The first-order chi connectivity index (χ1) is 25.7. The molecule has 8 rings (SSSR count). The van der Waals surface area contributed by atoms with E-state index in [0.29, 0.717) is 0 Å². The van der Waals surface area contributed by atoms with Crippen LogP contribution in [0.25, 0.3) is 32.3 Å². The van der Waals surface area contributed by atoms with E-state index < -0.39 is 16.1 Å². The van der Waals surface area contributed by atoms with Gasteiger partial charge in [0.25, 0.3) is 0 Å². The summed E-state index contributed by atoms with van der Waals surface area (Å²) in [6, 6.07) is 45.1. The molecule has 0 bridgehead atoms. The molecule has 0 aliphatic heterocycles. The van der Waals surface area contributed by atoms with Crippen LogP contribution in [0.15, 0.2) is 133 Å². The number of aryl methyl sites for hydroxylation is 2. The summed E-state index contributed by atoms with van der Waals surface area (Å²) in [5.74, 6) is -0.518. The van der Waals surface area contributed by atoms with Crippen LogP contribution in [0.4, 0.5) is 42.9 Å². The van der Waals surface area contributed by atoms with Crippen molar-refractivity contribution in [2.75, 3.05) is 9.80 Å². The van der Waals surface area contributed by atoms with Crippen molar-refractivity contribution in [2.45, 2.75) is 53.1 Å². The molecule has 0 saturated heterocycles. The molecule has 8 aromatic carbocycles. The highest BCUT2D eigenvalue weighted by Crippen LogP contribution is 2.49. The SMILES string of the molecule is Cc1cc(N(c2ccc(F)cc2)c2cccc([Si](C)(C)C)c2)c2ccc3c(C)cc(N(c4ccc(F)cc4)c4cccc([Si](C)(C)C)c4)c4ccc1c2c34. The summed E-state index contributed by atoms with van der Waals surface area (Å²) in [4.78, 5) is 4.59. The molecule has 0 aromatic heterocycles. The van der Waals surface area contributed by atoms with Gasteiger partial charge in [0.15, 0.2) is 0 Å². The van der Waals surface area contributed by atoms with Crippen LogP contribution in [0.2, 0.25) is 39.3 Å². The molecular weight excluding hydrogens is 699 g/mol. The normalized spacial score (nSPS) is 12.3. The third-order valence-electron chi connectivity index (χ3n) is 10.9. The Hall–Kier alpha value is -5.31. The summed E-state index contributed by atoms with van der Waals surface area (Å²) in [6.45, 7) is 18.6. The molecule has 0 N–H and O–H groups in total. The fraction of sp³-hybridized carbons (Fsp3) is 0.167. The van der Waals surface area contributed by atoms with Crippen molar-refractivity contribution in [3.05, 3.63) is 156 Å². The molecule has 6 heteroatoms. The van der Waals surface area contributed by atoms with Crippen LogP contribution >= 0.6 is 0 Å². The Balaban J connectivity index is 1.44. The van der Waals surface area contributed by atoms with Crippen LogP contribution in [0.1, 0.15) is 11.1 Å². The van der Waals surface area contributed by atoms with E-state index in [9.17, 15) is 8.78 Å². The Morgan fingerprint density at radius 2 is 0.741 bits per heavy atom. The van der Waals surface area contributed by atoms with Crippen molar-refractivity contribution in [2.24, 2.45) is 0 Å². The fourth-order valence-electron chi connectivity index (χ4n) is 7.93. The van der Waals surface area contributed by atoms with Crippen LogP contribution in [0, 0.1) is 25.5 Å². The second kappa shape index (κ2) is 13.2. The highest BCUT2D eigenvalue weighted by Gasteiger charge is 2.26. The van der Waals surface area contributed by atoms with Crippen molar-refractivity contribution in [3.63, 3.8) is 0 Å². The number of rotatable bonds is 8. The van der Waals surface area contributed by atoms with Gasteiger partial charge in [0.05, 0.1) is 27.5 Å². The van der Waals surface area contributed by atoms with Crippen LogP contribution in [-0.4, -0.2) is 16.1 Å². The number of hydrogen-bond acceptors (Lipinski definition) is 2. The van der Waals surface area contributed by atoms with Gasteiger partial charge in [-0.15, -0.1) is 0 Å². The highest BCUT2D eigenvalue weighted by molar-refractivity contribution is 6.89. The Morgan fingerprint density at radius 3 is 1.09 bits per heavy atom. The average molecular weight is 745 g/mol. The van der Waals surface area contributed by atoms with Gasteiger partial charge in [-0.3, -0.25) is 0 Å². The lowest BCUT2D eigenvalue weighted by molar-refractivity contribution is 0.627. The van der Waals surface area contributed by atoms with Gasteiger partial charge in [-0.25, -0.2) is 8.78 Å². The van der Waals surface area contributed by atoms with E-state index in [1.807, 2.05) is 24.3 Å². The Labute approximate surface area is 319 Å². The van der Waals surface area contributed by atoms with E-state index in [1.165, 1.54) is 43.0 Å². The molecule has 0 aliphatic carbocycles. The average Bonchev–Trinajstić information content (AvgIpc) is 3.14. The molecule has 8 aromatic rings. The molecule has 0 saturated carbocycles. The summed E-state index contributed by atoms with van der Waals surface area (Å²) >= 11 is 0. The topological polar surface area (TPSA) is 6.48 Å². The molecule has 0 unspecified atom stereocenters. The first-order valence-electron chi connectivity index (χ1n) is 18.7. The van der Waals surface area contributed by atoms with E-state index in [-0.39, 0.29) is 11.6 Å². The van der Waals surface area contributed by atoms with Gasteiger partial charge in [0.2, 0.25) is 0 Å². The summed E-state index contributed by atoms with van der Waals surface area (Å²) in [5, 5.41) is 9.78. The largest absolute Gasteiger partial charge is 0.310 e. The summed E-state index contributed by atoms with van der Waals surface area (Å²) in [5.41, 5.74) is 8.35. The molecular formula is C48H46F2N2Si2. The number of hydrogen-bond donors (Lipinski definition) is 0. The molecule has 0 amide bonds. The second-order valence-corrected chi connectivity index (χ2v) is 26.9. The lowest BCUT2D eigenvalue weighted by Gasteiger charge is -2.31. The quantitative estimate of drug-likeness (QED) is 0.113. The predicted molar refractivity (Wildman–Crippen MR) is 235 cm³/mol. The third-order valence-corrected chi connectivity index (χ3v) is 14.9. The van der Waals surface area contributed by atoms with E-state index in [2.05, 4.69) is 148 Å². The maximum Gasteiger partial charge on any atom is 0.123 e.